The second kappa shape index (κ2) is 10.1. The SMILES string of the molecule is C=Cc1nc(C)c(C(=O)O)c(N)c1C(=CC)OCC(C)(C)NC(=O)C(CC)CC. The predicted molar refractivity (Wildman–Crippen MR) is 116 cm³/mol. The summed E-state index contributed by atoms with van der Waals surface area (Å²) in [5.41, 5.74) is 6.69. The van der Waals surface area contributed by atoms with E-state index in [0.29, 0.717) is 22.7 Å². The molecule has 0 spiro atoms. The highest BCUT2D eigenvalue weighted by Crippen LogP contribution is 2.31. The highest BCUT2D eigenvalue weighted by molar-refractivity contribution is 5.98. The topological polar surface area (TPSA) is 115 Å². The molecule has 1 aromatic rings. The molecule has 0 saturated heterocycles. The minimum atomic E-state index is -1.16. The quantitative estimate of drug-likeness (QED) is 0.508. The van der Waals surface area contributed by atoms with Crippen molar-refractivity contribution in [1.82, 2.24) is 10.3 Å². The molecule has 7 nitrogen and oxygen atoms in total. The van der Waals surface area contributed by atoms with Crippen LogP contribution in [0.3, 0.4) is 0 Å². The van der Waals surface area contributed by atoms with Crippen LogP contribution in [0.2, 0.25) is 0 Å². The van der Waals surface area contributed by atoms with Crippen molar-refractivity contribution in [3.63, 3.8) is 0 Å². The van der Waals surface area contributed by atoms with Crippen LogP contribution in [0.1, 0.15) is 74.8 Å². The molecule has 0 atom stereocenters. The fraction of sp³-hybridized carbons (Fsp3) is 0.500. The number of carbonyl (C=O) groups excluding carboxylic acids is 1. The fourth-order valence-electron chi connectivity index (χ4n) is 3.12. The molecule has 0 aliphatic heterocycles. The van der Waals surface area contributed by atoms with Gasteiger partial charge in [-0.1, -0.05) is 20.4 Å². The number of nitrogens with one attached hydrogen (secondary N) is 1. The Balaban J connectivity index is 3.17. The van der Waals surface area contributed by atoms with E-state index in [0.717, 1.165) is 12.8 Å². The lowest BCUT2D eigenvalue weighted by Crippen LogP contribution is -2.49. The van der Waals surface area contributed by atoms with Crippen LogP contribution in [0, 0.1) is 12.8 Å². The first kappa shape index (κ1) is 24.2. The number of hydrogen-bond acceptors (Lipinski definition) is 5. The Hall–Kier alpha value is -2.83. The van der Waals surface area contributed by atoms with Gasteiger partial charge in [0.05, 0.1) is 28.2 Å². The minimum Gasteiger partial charge on any atom is -0.491 e. The summed E-state index contributed by atoms with van der Waals surface area (Å²) in [4.78, 5) is 28.3. The zero-order valence-electron chi connectivity index (χ0n) is 18.3. The van der Waals surface area contributed by atoms with E-state index in [1.165, 1.54) is 6.08 Å². The number of aromatic carboxylic acids is 1. The van der Waals surface area contributed by atoms with Gasteiger partial charge in [0.15, 0.2) is 0 Å². The second-order valence-electron chi connectivity index (χ2n) is 7.58. The number of nitrogens with zero attached hydrogens (tertiary/aromatic N) is 1. The van der Waals surface area contributed by atoms with Crippen LogP contribution in [-0.2, 0) is 9.53 Å². The van der Waals surface area contributed by atoms with Crippen molar-refractivity contribution < 1.29 is 19.4 Å². The number of carboxylic acid groups (broad SMARTS) is 1. The maximum atomic E-state index is 12.4. The molecule has 0 saturated carbocycles. The molecule has 160 valence electrons. The number of carboxylic acids is 1. The van der Waals surface area contributed by atoms with Gasteiger partial charge in [0.1, 0.15) is 17.9 Å². The molecule has 1 amide bonds. The first-order valence-electron chi connectivity index (χ1n) is 9.80. The van der Waals surface area contributed by atoms with Crippen LogP contribution in [0.15, 0.2) is 12.7 Å². The molecular weight excluding hydrogens is 370 g/mol. The molecule has 0 radical (unpaired) electrons. The lowest BCUT2D eigenvalue weighted by molar-refractivity contribution is -0.127. The van der Waals surface area contributed by atoms with E-state index < -0.39 is 11.5 Å². The van der Waals surface area contributed by atoms with Crippen molar-refractivity contribution in [3.05, 3.63) is 35.2 Å². The van der Waals surface area contributed by atoms with Gasteiger partial charge in [-0.15, -0.1) is 0 Å². The molecule has 0 unspecified atom stereocenters. The number of hydrogen-bond donors (Lipinski definition) is 3. The van der Waals surface area contributed by atoms with Gasteiger partial charge < -0.3 is 20.9 Å². The lowest BCUT2D eigenvalue weighted by Gasteiger charge is -2.29. The maximum absolute atomic E-state index is 12.4. The number of ether oxygens (including phenoxy) is 1. The van der Waals surface area contributed by atoms with Crippen LogP contribution >= 0.6 is 0 Å². The minimum absolute atomic E-state index is 0.0120. The van der Waals surface area contributed by atoms with Crippen LogP contribution < -0.4 is 11.1 Å². The van der Waals surface area contributed by atoms with Crippen molar-refractivity contribution in [2.24, 2.45) is 5.92 Å². The fourth-order valence-corrected chi connectivity index (χ4v) is 3.12. The van der Waals surface area contributed by atoms with Gasteiger partial charge in [-0.3, -0.25) is 9.78 Å². The molecule has 4 N–H and O–H groups in total. The maximum Gasteiger partial charge on any atom is 0.339 e. The van der Waals surface area contributed by atoms with Crippen LogP contribution in [0.4, 0.5) is 5.69 Å². The molecule has 0 aliphatic carbocycles. The molecular formula is C22H33N3O4. The number of rotatable bonds is 10. The highest BCUT2D eigenvalue weighted by Gasteiger charge is 2.27. The van der Waals surface area contributed by atoms with Gasteiger partial charge in [-0.25, -0.2) is 4.79 Å². The third kappa shape index (κ3) is 5.82. The smallest absolute Gasteiger partial charge is 0.339 e. The number of aromatic nitrogens is 1. The average Bonchev–Trinajstić information content (AvgIpc) is 2.63. The number of aryl methyl sites for hydroxylation is 1. The van der Waals surface area contributed by atoms with Crippen LogP contribution in [-0.4, -0.2) is 34.1 Å². The number of amides is 1. The lowest BCUT2D eigenvalue weighted by atomic mass is 9.99. The molecule has 1 aromatic heterocycles. The average molecular weight is 404 g/mol. The Kier molecular flexibility index (Phi) is 8.42. The van der Waals surface area contributed by atoms with E-state index in [4.69, 9.17) is 10.5 Å². The van der Waals surface area contributed by atoms with Crippen molar-refractivity contribution in [2.45, 2.75) is 59.9 Å². The number of anilines is 1. The normalized spacial score (nSPS) is 12.0. The molecule has 29 heavy (non-hydrogen) atoms. The molecule has 0 aromatic carbocycles. The van der Waals surface area contributed by atoms with E-state index in [9.17, 15) is 14.7 Å². The summed E-state index contributed by atoms with van der Waals surface area (Å²) < 4.78 is 5.97. The Morgan fingerprint density at radius 2 is 1.90 bits per heavy atom. The Bertz CT molecular complexity index is 809. The van der Waals surface area contributed by atoms with Crippen LogP contribution in [0.25, 0.3) is 11.8 Å². The summed E-state index contributed by atoms with van der Waals surface area (Å²) in [6.07, 6.45) is 4.74. The van der Waals surface area contributed by atoms with Gasteiger partial charge in [0.2, 0.25) is 5.91 Å². The van der Waals surface area contributed by atoms with E-state index in [-0.39, 0.29) is 29.7 Å². The van der Waals surface area contributed by atoms with E-state index >= 15 is 0 Å². The van der Waals surface area contributed by atoms with Gasteiger partial charge in [0, 0.05) is 5.92 Å². The summed E-state index contributed by atoms with van der Waals surface area (Å²) in [7, 11) is 0. The standard InChI is InChI=1S/C22H33N3O4/c1-8-14(9-2)20(26)25-22(6,7)12-29-16(11-4)18-15(10-3)24-13(5)17(19(18)23)21(27)28/h10-11,14H,3,8-9,12H2,1-2,4-7H3,(H2,23,24)(H,25,26)(H,27,28). The summed E-state index contributed by atoms with van der Waals surface area (Å²) in [6.45, 7) is 15.0. The number of pyridine rings is 1. The Morgan fingerprint density at radius 3 is 2.34 bits per heavy atom. The van der Waals surface area contributed by atoms with Gasteiger partial charge >= 0.3 is 5.97 Å². The summed E-state index contributed by atoms with van der Waals surface area (Å²) in [5.74, 6) is -0.824. The molecule has 0 aliphatic rings. The van der Waals surface area contributed by atoms with Crippen molar-refractivity contribution in [1.29, 1.82) is 0 Å². The Labute approximate surface area is 173 Å². The number of carbonyl (C=O) groups is 2. The molecule has 0 bridgehead atoms. The van der Waals surface area contributed by atoms with Crippen molar-refractivity contribution >= 4 is 29.4 Å². The predicted octanol–water partition coefficient (Wildman–Crippen LogP) is 4.02. The summed E-state index contributed by atoms with van der Waals surface area (Å²) >= 11 is 0. The number of nitrogen functional groups attached to an aromatic ring is 1. The van der Waals surface area contributed by atoms with Crippen molar-refractivity contribution in [3.8, 4) is 0 Å². The van der Waals surface area contributed by atoms with Crippen molar-refractivity contribution in [2.75, 3.05) is 12.3 Å². The largest absolute Gasteiger partial charge is 0.491 e. The summed E-state index contributed by atoms with van der Waals surface area (Å²) in [6, 6.07) is 0. The van der Waals surface area contributed by atoms with Crippen LogP contribution in [0.5, 0.6) is 0 Å². The molecule has 7 heteroatoms. The number of nitrogens with two attached hydrogens (primary N) is 1. The zero-order valence-corrected chi connectivity index (χ0v) is 18.3. The van der Waals surface area contributed by atoms with Gasteiger partial charge in [-0.05, 0) is 52.7 Å². The summed E-state index contributed by atoms with van der Waals surface area (Å²) in [5, 5.41) is 12.5. The van der Waals surface area contributed by atoms with E-state index in [1.807, 2.05) is 27.7 Å². The zero-order chi connectivity index (χ0) is 22.4. The molecule has 1 rings (SSSR count). The molecule has 0 fully saturated rings. The number of allylic oxidation sites excluding steroid dienone is 1. The van der Waals surface area contributed by atoms with E-state index in [2.05, 4.69) is 16.9 Å². The second-order valence-corrected chi connectivity index (χ2v) is 7.58. The first-order chi connectivity index (χ1) is 13.5. The third-order valence-electron chi connectivity index (χ3n) is 4.77. The molecule has 1 heterocycles. The highest BCUT2D eigenvalue weighted by atomic mass is 16.5. The Morgan fingerprint density at radius 1 is 1.31 bits per heavy atom. The third-order valence-corrected chi connectivity index (χ3v) is 4.77. The monoisotopic (exact) mass is 403 g/mol. The van der Waals surface area contributed by atoms with E-state index in [1.54, 1.807) is 19.9 Å². The van der Waals surface area contributed by atoms with Gasteiger partial charge in [-0.2, -0.15) is 0 Å². The first-order valence-corrected chi connectivity index (χ1v) is 9.80. The van der Waals surface area contributed by atoms with Gasteiger partial charge in [0.25, 0.3) is 0 Å².